The average Bonchev–Trinajstić information content (AvgIpc) is 3.52. The van der Waals surface area contributed by atoms with Crippen molar-refractivity contribution in [3.05, 3.63) is 107 Å². The molecule has 0 unspecified atom stereocenters. The summed E-state index contributed by atoms with van der Waals surface area (Å²) in [7, 11) is 0. The Morgan fingerprint density at radius 3 is 2.19 bits per heavy atom. The Bertz CT molecular complexity index is 1490. The Morgan fingerprint density at radius 1 is 1.00 bits per heavy atom. The van der Waals surface area contributed by atoms with Crippen LogP contribution in [0.2, 0.25) is 5.15 Å². The fourth-order valence-corrected chi connectivity index (χ4v) is 4.59. The number of hydrogen-bond acceptors (Lipinski definition) is 5. The smallest absolute Gasteiger partial charge is 0.258 e. The van der Waals surface area contributed by atoms with Crippen LogP contribution in [-0.4, -0.2) is 35.3 Å². The van der Waals surface area contributed by atoms with Crippen molar-refractivity contribution in [2.45, 2.75) is 32.5 Å². The van der Waals surface area contributed by atoms with Gasteiger partial charge in [-0.15, -0.1) is 0 Å². The molecule has 2 N–H and O–H groups in total. The van der Waals surface area contributed by atoms with Crippen molar-refractivity contribution in [2.75, 3.05) is 5.32 Å². The first kappa shape index (κ1) is 23.7. The number of nitrogens with one attached hydrogen (secondary N) is 1. The Labute approximate surface area is 213 Å². The van der Waals surface area contributed by atoms with Crippen LogP contribution in [0.4, 0.5) is 5.69 Å². The molecule has 0 bridgehead atoms. The lowest BCUT2D eigenvalue weighted by Gasteiger charge is -2.29. The molecule has 5 aromatic rings. The number of carbonyl (C=O) groups excluding carboxylic acids is 1. The van der Waals surface area contributed by atoms with Crippen LogP contribution < -0.4 is 5.32 Å². The van der Waals surface area contributed by atoms with Gasteiger partial charge in [0.1, 0.15) is 5.15 Å². The number of anilines is 1. The highest BCUT2D eigenvalue weighted by atomic mass is 35.5. The minimum Gasteiger partial charge on any atom is -0.373 e. The number of fused-ring (bicyclic) bond motifs is 1. The summed E-state index contributed by atoms with van der Waals surface area (Å²) in [5.41, 5.74) is 1.48. The van der Waals surface area contributed by atoms with E-state index in [4.69, 9.17) is 16.6 Å². The molecule has 0 radical (unpaired) electrons. The Morgan fingerprint density at radius 2 is 1.64 bits per heavy atom. The normalized spacial score (nSPS) is 11.7. The molecule has 0 saturated carbocycles. The molecular weight excluding hydrogens is 476 g/mol. The van der Waals surface area contributed by atoms with E-state index in [1.807, 2.05) is 79.1 Å². The van der Waals surface area contributed by atoms with E-state index in [2.05, 4.69) is 15.4 Å². The van der Waals surface area contributed by atoms with Crippen LogP contribution in [0.5, 0.6) is 0 Å². The van der Waals surface area contributed by atoms with Crippen LogP contribution in [0, 0.1) is 0 Å². The number of pyridine rings is 1. The predicted octanol–water partition coefficient (Wildman–Crippen LogP) is 4.86. The second-order valence-electron chi connectivity index (χ2n) is 8.33. The van der Waals surface area contributed by atoms with E-state index >= 15 is 0 Å². The lowest BCUT2D eigenvalue weighted by atomic mass is 9.85. The fourth-order valence-electron chi connectivity index (χ4n) is 4.37. The van der Waals surface area contributed by atoms with Gasteiger partial charge in [-0.1, -0.05) is 72.3 Å². The maximum atomic E-state index is 13.1. The summed E-state index contributed by atoms with van der Waals surface area (Å²) >= 11 is 6.45. The SMILES string of the molecule is CCn1cc(NC(=O)c2cc3c(nc2Cl)nc(C(O)(c2ccccc2)c2ccccc2)n3CC)cn1. The molecule has 0 aliphatic carbocycles. The molecule has 3 aromatic heterocycles. The van der Waals surface area contributed by atoms with Crippen LogP contribution in [-0.2, 0) is 18.7 Å². The summed E-state index contributed by atoms with van der Waals surface area (Å²) < 4.78 is 3.58. The molecule has 8 nitrogen and oxygen atoms in total. The lowest BCUT2D eigenvalue weighted by molar-refractivity contribution is 0.102. The molecule has 0 aliphatic heterocycles. The standard InChI is InChI=1S/C27H25ClN6O2/c1-3-33-17-20(16-29-33)30-25(35)21-15-22-24(31-23(21)28)32-26(34(22)4-2)27(36,18-11-7-5-8-12-18)19-13-9-6-10-14-19/h5-17,36H,3-4H2,1-2H3,(H,30,35). The van der Waals surface area contributed by atoms with Crippen molar-refractivity contribution in [3.8, 4) is 0 Å². The van der Waals surface area contributed by atoms with Gasteiger partial charge in [0.05, 0.1) is 23.0 Å². The van der Waals surface area contributed by atoms with Crippen LogP contribution in [0.3, 0.4) is 0 Å². The number of carbonyl (C=O) groups is 1. The molecule has 0 saturated heterocycles. The molecule has 36 heavy (non-hydrogen) atoms. The summed E-state index contributed by atoms with van der Waals surface area (Å²) in [5.74, 6) is -0.0143. The molecule has 0 atom stereocenters. The first-order valence-corrected chi connectivity index (χ1v) is 12.1. The van der Waals surface area contributed by atoms with Gasteiger partial charge >= 0.3 is 0 Å². The van der Waals surface area contributed by atoms with E-state index in [1.54, 1.807) is 23.1 Å². The van der Waals surface area contributed by atoms with Gasteiger partial charge in [-0.05, 0) is 31.0 Å². The Balaban J connectivity index is 1.65. The van der Waals surface area contributed by atoms with E-state index in [-0.39, 0.29) is 10.7 Å². The first-order valence-electron chi connectivity index (χ1n) is 11.7. The highest BCUT2D eigenvalue weighted by molar-refractivity contribution is 6.33. The summed E-state index contributed by atoms with van der Waals surface area (Å²) in [6.07, 6.45) is 3.32. The summed E-state index contributed by atoms with van der Waals surface area (Å²) in [6.45, 7) is 5.09. The van der Waals surface area contributed by atoms with E-state index in [9.17, 15) is 9.90 Å². The second-order valence-corrected chi connectivity index (χ2v) is 8.69. The number of rotatable bonds is 7. The zero-order valence-corrected chi connectivity index (χ0v) is 20.6. The van der Waals surface area contributed by atoms with Crippen LogP contribution in [0.25, 0.3) is 11.2 Å². The van der Waals surface area contributed by atoms with Gasteiger partial charge < -0.3 is 15.0 Å². The van der Waals surface area contributed by atoms with E-state index < -0.39 is 11.5 Å². The topological polar surface area (TPSA) is 97.9 Å². The highest BCUT2D eigenvalue weighted by Crippen LogP contribution is 2.38. The third-order valence-electron chi connectivity index (χ3n) is 6.18. The molecule has 3 heterocycles. The molecule has 1 amide bonds. The summed E-state index contributed by atoms with van der Waals surface area (Å²) in [6, 6.07) is 20.4. The zero-order valence-electron chi connectivity index (χ0n) is 19.9. The number of aryl methyl sites for hydroxylation is 2. The van der Waals surface area contributed by atoms with Crippen LogP contribution in [0.15, 0.2) is 79.1 Å². The number of imidazole rings is 1. The summed E-state index contributed by atoms with van der Waals surface area (Å²) in [5, 5.41) is 19.3. The first-order chi connectivity index (χ1) is 17.5. The Kier molecular flexibility index (Phi) is 6.30. The fraction of sp³-hybridized carbons (Fsp3) is 0.185. The van der Waals surface area contributed by atoms with Gasteiger partial charge in [-0.3, -0.25) is 9.48 Å². The molecule has 0 aliphatic rings. The number of hydrogen-bond donors (Lipinski definition) is 2. The lowest BCUT2D eigenvalue weighted by Crippen LogP contribution is -2.32. The summed E-state index contributed by atoms with van der Waals surface area (Å²) in [4.78, 5) is 22.2. The minimum atomic E-state index is -1.55. The number of benzene rings is 2. The van der Waals surface area contributed by atoms with Gasteiger partial charge in [0.15, 0.2) is 17.1 Å². The highest BCUT2D eigenvalue weighted by Gasteiger charge is 2.39. The van der Waals surface area contributed by atoms with Crippen molar-refractivity contribution in [1.82, 2.24) is 24.3 Å². The van der Waals surface area contributed by atoms with Gasteiger partial charge in [-0.2, -0.15) is 5.10 Å². The largest absolute Gasteiger partial charge is 0.373 e. The van der Waals surface area contributed by atoms with Gasteiger partial charge in [0, 0.05) is 19.3 Å². The molecule has 0 fully saturated rings. The van der Waals surface area contributed by atoms with Crippen molar-refractivity contribution in [1.29, 1.82) is 0 Å². The molecule has 182 valence electrons. The molecule has 9 heteroatoms. The average molecular weight is 501 g/mol. The third kappa shape index (κ3) is 4.04. The van der Waals surface area contributed by atoms with E-state index in [0.717, 1.165) is 0 Å². The molecular formula is C27H25ClN6O2. The number of nitrogens with zero attached hydrogens (tertiary/aromatic N) is 5. The maximum absolute atomic E-state index is 13.1. The van der Waals surface area contributed by atoms with Crippen LogP contribution >= 0.6 is 11.6 Å². The Hall–Kier alpha value is -4.01. The van der Waals surface area contributed by atoms with Gasteiger partial charge in [0.2, 0.25) is 0 Å². The number of halogens is 1. The monoisotopic (exact) mass is 500 g/mol. The molecule has 0 spiro atoms. The quantitative estimate of drug-likeness (QED) is 0.311. The van der Waals surface area contributed by atoms with E-state index in [1.165, 1.54) is 0 Å². The molecule has 2 aromatic carbocycles. The van der Waals surface area contributed by atoms with Gasteiger partial charge in [0.25, 0.3) is 5.91 Å². The maximum Gasteiger partial charge on any atom is 0.258 e. The van der Waals surface area contributed by atoms with Crippen molar-refractivity contribution in [2.24, 2.45) is 0 Å². The molecule has 5 rings (SSSR count). The van der Waals surface area contributed by atoms with Crippen molar-refractivity contribution in [3.63, 3.8) is 0 Å². The number of amides is 1. The zero-order chi connectivity index (χ0) is 25.3. The second kappa shape index (κ2) is 9.56. The number of aliphatic hydroxyl groups is 1. The van der Waals surface area contributed by atoms with Crippen LogP contribution in [0.1, 0.15) is 41.2 Å². The van der Waals surface area contributed by atoms with Gasteiger partial charge in [-0.25, -0.2) is 9.97 Å². The number of aromatic nitrogens is 5. The third-order valence-corrected chi connectivity index (χ3v) is 6.47. The van der Waals surface area contributed by atoms with Crippen molar-refractivity contribution >= 4 is 34.4 Å². The van der Waals surface area contributed by atoms with Crippen molar-refractivity contribution < 1.29 is 9.90 Å². The minimum absolute atomic E-state index is 0.0261. The van der Waals surface area contributed by atoms with E-state index in [0.29, 0.717) is 46.9 Å². The predicted molar refractivity (Wildman–Crippen MR) is 139 cm³/mol.